The van der Waals surface area contributed by atoms with E-state index in [-0.39, 0.29) is 24.2 Å². The molecule has 2 aromatic rings. The first-order valence-corrected chi connectivity index (χ1v) is 12.6. The number of halogens is 4. The van der Waals surface area contributed by atoms with Crippen LogP contribution in [0.3, 0.4) is 0 Å². The molecule has 0 radical (unpaired) electrons. The van der Waals surface area contributed by atoms with Crippen molar-refractivity contribution in [3.05, 3.63) is 52.9 Å². The minimum absolute atomic E-state index is 0.0784. The van der Waals surface area contributed by atoms with E-state index in [0.29, 0.717) is 24.3 Å². The second-order valence-electron chi connectivity index (χ2n) is 10.6. The lowest BCUT2D eigenvalue weighted by atomic mass is 9.60. The maximum Gasteiger partial charge on any atom is 0.434 e. The summed E-state index contributed by atoms with van der Waals surface area (Å²) in [5.74, 6) is 0.385. The van der Waals surface area contributed by atoms with Crippen molar-refractivity contribution in [1.29, 1.82) is 0 Å². The van der Waals surface area contributed by atoms with Gasteiger partial charge in [0.05, 0.1) is 12.4 Å². The van der Waals surface area contributed by atoms with Crippen LogP contribution in [0.1, 0.15) is 37.9 Å². The van der Waals surface area contributed by atoms with Gasteiger partial charge in [0, 0.05) is 55.9 Å². The zero-order valence-corrected chi connectivity index (χ0v) is 21.1. The van der Waals surface area contributed by atoms with Crippen LogP contribution in [-0.4, -0.2) is 70.1 Å². The number of carbonyl (C=O) groups is 1. The van der Waals surface area contributed by atoms with Crippen molar-refractivity contribution in [2.75, 3.05) is 31.1 Å². The van der Waals surface area contributed by atoms with E-state index in [9.17, 15) is 18.0 Å². The number of benzene rings is 1. The van der Waals surface area contributed by atoms with Crippen LogP contribution in [0.4, 0.5) is 23.8 Å². The minimum atomic E-state index is -4.52. The molecule has 3 fully saturated rings. The average Bonchev–Trinajstić information content (AvgIpc) is 2.76. The first kappa shape index (κ1) is 25.1. The lowest BCUT2D eigenvalue weighted by molar-refractivity contribution is -0.141. The third kappa shape index (κ3) is 5.11. The molecule has 5 rings (SSSR count). The molecule has 1 aromatic carbocycles. The number of urea groups is 1. The van der Waals surface area contributed by atoms with Gasteiger partial charge in [-0.3, -0.25) is 4.90 Å². The van der Waals surface area contributed by atoms with E-state index in [0.717, 1.165) is 49.9 Å². The molecular weight excluding hydrogens is 493 g/mol. The fourth-order valence-corrected chi connectivity index (χ4v) is 6.12. The van der Waals surface area contributed by atoms with Crippen molar-refractivity contribution in [3.63, 3.8) is 0 Å². The maximum absolute atomic E-state index is 13.1. The lowest BCUT2D eigenvalue weighted by Crippen LogP contribution is -2.68. The van der Waals surface area contributed by atoms with Gasteiger partial charge in [0.25, 0.3) is 0 Å². The van der Waals surface area contributed by atoms with Crippen molar-refractivity contribution >= 4 is 23.4 Å². The molecule has 194 valence electrons. The molecule has 0 unspecified atom stereocenters. The Morgan fingerprint density at radius 2 is 1.72 bits per heavy atom. The maximum atomic E-state index is 13.1. The van der Waals surface area contributed by atoms with Crippen molar-refractivity contribution in [1.82, 2.24) is 25.1 Å². The van der Waals surface area contributed by atoms with Gasteiger partial charge in [-0.05, 0) is 49.8 Å². The number of hydrogen-bond donors (Lipinski definition) is 1. The summed E-state index contributed by atoms with van der Waals surface area (Å²) in [6, 6.07) is 7.81. The summed E-state index contributed by atoms with van der Waals surface area (Å²) < 4.78 is 38.4. The number of carbonyl (C=O) groups excluding carboxylic acids is 1. The Kier molecular flexibility index (Phi) is 6.53. The largest absolute Gasteiger partial charge is 0.434 e. The van der Waals surface area contributed by atoms with Crippen LogP contribution in [0.5, 0.6) is 0 Å². The van der Waals surface area contributed by atoms with Gasteiger partial charge < -0.3 is 15.1 Å². The standard InChI is InChI=1S/C25H30ClF3N6O/c1-16-11-34(22-10-30-21(9-31-22)25(27,28)29)12-17(2)35(16)23(36)32-20-7-24(8-20)14-33(15-24)13-18-3-5-19(26)6-4-18/h3-6,9-10,16-17,20H,7-8,11-15H2,1-2H3,(H,32,36)/t16-,17-/m1/s1. The van der Waals surface area contributed by atoms with Gasteiger partial charge in [-0.25, -0.2) is 14.8 Å². The number of nitrogens with zero attached hydrogens (tertiary/aromatic N) is 5. The zero-order valence-electron chi connectivity index (χ0n) is 20.3. The Morgan fingerprint density at radius 3 is 2.28 bits per heavy atom. The predicted molar refractivity (Wildman–Crippen MR) is 131 cm³/mol. The SMILES string of the molecule is C[C@@H]1CN(c2cnc(C(F)(F)F)cn2)C[C@@H](C)N1C(=O)NC1CC2(C1)CN(Cc1ccc(Cl)cc1)C2. The number of amides is 2. The van der Waals surface area contributed by atoms with E-state index < -0.39 is 11.9 Å². The number of rotatable bonds is 4. The van der Waals surface area contributed by atoms with Gasteiger partial charge in [-0.2, -0.15) is 13.2 Å². The minimum Gasteiger partial charge on any atom is -0.351 e. The van der Waals surface area contributed by atoms with E-state index in [1.165, 1.54) is 5.56 Å². The first-order chi connectivity index (χ1) is 17.0. The van der Waals surface area contributed by atoms with Gasteiger partial charge in [-0.15, -0.1) is 0 Å². The van der Waals surface area contributed by atoms with E-state index in [2.05, 4.69) is 32.3 Å². The predicted octanol–water partition coefficient (Wildman–Crippen LogP) is 4.42. The molecule has 2 amide bonds. The van der Waals surface area contributed by atoms with Gasteiger partial charge in [0.2, 0.25) is 0 Å². The van der Waals surface area contributed by atoms with Gasteiger partial charge >= 0.3 is 12.2 Å². The van der Waals surface area contributed by atoms with Gasteiger partial charge in [0.15, 0.2) is 5.69 Å². The molecule has 3 aliphatic rings. The first-order valence-electron chi connectivity index (χ1n) is 12.2. The van der Waals surface area contributed by atoms with E-state index in [1.54, 1.807) is 0 Å². The molecule has 11 heteroatoms. The van der Waals surface area contributed by atoms with E-state index >= 15 is 0 Å². The Hall–Kier alpha value is -2.59. The normalized spacial score (nSPS) is 24.4. The van der Waals surface area contributed by atoms with E-state index in [1.807, 2.05) is 35.8 Å². The second kappa shape index (κ2) is 9.37. The highest BCUT2D eigenvalue weighted by molar-refractivity contribution is 6.30. The summed E-state index contributed by atoms with van der Waals surface area (Å²) >= 11 is 5.97. The van der Waals surface area contributed by atoms with Crippen LogP contribution in [0.15, 0.2) is 36.7 Å². The number of anilines is 1. The van der Waals surface area contributed by atoms with Crippen LogP contribution in [0.25, 0.3) is 0 Å². The highest BCUT2D eigenvalue weighted by Crippen LogP contribution is 2.48. The molecule has 7 nitrogen and oxygen atoms in total. The van der Waals surface area contributed by atoms with Gasteiger partial charge in [0.1, 0.15) is 5.82 Å². The topological polar surface area (TPSA) is 64.6 Å². The van der Waals surface area contributed by atoms with Crippen molar-refractivity contribution in [2.24, 2.45) is 5.41 Å². The summed E-state index contributed by atoms with van der Waals surface area (Å²) in [5.41, 5.74) is 0.549. The number of alkyl halides is 3. The number of aromatic nitrogens is 2. The van der Waals surface area contributed by atoms with E-state index in [4.69, 9.17) is 11.6 Å². The quantitative estimate of drug-likeness (QED) is 0.644. The number of nitrogens with one attached hydrogen (secondary N) is 1. The second-order valence-corrected chi connectivity index (χ2v) is 11.0. The van der Waals surface area contributed by atoms with Crippen LogP contribution in [-0.2, 0) is 12.7 Å². The molecule has 2 aliphatic heterocycles. The molecule has 36 heavy (non-hydrogen) atoms. The highest BCUT2D eigenvalue weighted by Gasteiger charge is 2.52. The molecule has 0 bridgehead atoms. The molecule has 3 heterocycles. The fraction of sp³-hybridized carbons (Fsp3) is 0.560. The average molecular weight is 523 g/mol. The molecule has 2 atom stereocenters. The summed E-state index contributed by atoms with van der Waals surface area (Å²) in [7, 11) is 0. The molecule has 1 spiro atoms. The third-order valence-electron chi connectivity index (χ3n) is 7.53. The number of hydrogen-bond acceptors (Lipinski definition) is 5. The van der Waals surface area contributed by atoms with Crippen LogP contribution in [0, 0.1) is 5.41 Å². The molecule has 1 N–H and O–H groups in total. The highest BCUT2D eigenvalue weighted by atomic mass is 35.5. The summed E-state index contributed by atoms with van der Waals surface area (Å²) in [6.07, 6.45) is -0.634. The van der Waals surface area contributed by atoms with Crippen LogP contribution >= 0.6 is 11.6 Å². The Labute approximate surface area is 213 Å². The fourth-order valence-electron chi connectivity index (χ4n) is 6.00. The van der Waals surface area contributed by atoms with Crippen molar-refractivity contribution in [3.8, 4) is 0 Å². The third-order valence-corrected chi connectivity index (χ3v) is 7.78. The Balaban J connectivity index is 1.09. The molecule has 1 aromatic heterocycles. The summed E-state index contributed by atoms with van der Waals surface area (Å²) in [5, 5.41) is 3.95. The van der Waals surface area contributed by atoms with Crippen molar-refractivity contribution in [2.45, 2.75) is 57.5 Å². The van der Waals surface area contributed by atoms with Gasteiger partial charge in [-0.1, -0.05) is 23.7 Å². The van der Waals surface area contributed by atoms with Crippen molar-refractivity contribution < 1.29 is 18.0 Å². The zero-order chi connectivity index (χ0) is 25.7. The molecule has 1 aliphatic carbocycles. The number of likely N-dealkylation sites (tertiary alicyclic amines) is 1. The summed E-state index contributed by atoms with van der Waals surface area (Å²) in [6.45, 7) is 7.85. The molecule has 2 saturated heterocycles. The summed E-state index contributed by atoms with van der Waals surface area (Å²) in [4.78, 5) is 26.7. The molecular formula is C25H30ClF3N6O. The Morgan fingerprint density at radius 1 is 1.08 bits per heavy atom. The Bertz CT molecular complexity index is 1070. The van der Waals surface area contributed by atoms with Crippen LogP contribution < -0.4 is 10.2 Å². The smallest absolute Gasteiger partial charge is 0.351 e. The van der Waals surface area contributed by atoms with Crippen LogP contribution in [0.2, 0.25) is 5.02 Å². The number of piperazine rings is 1. The lowest BCUT2D eigenvalue weighted by Gasteiger charge is -2.59. The molecule has 1 saturated carbocycles. The monoisotopic (exact) mass is 522 g/mol.